The van der Waals surface area contributed by atoms with Crippen LogP contribution in [-0.2, 0) is 10.2 Å². The van der Waals surface area contributed by atoms with Gasteiger partial charge in [0.25, 0.3) is 0 Å². The number of benzene rings is 1. The van der Waals surface area contributed by atoms with E-state index in [4.69, 9.17) is 0 Å². The van der Waals surface area contributed by atoms with Crippen molar-refractivity contribution in [2.45, 2.75) is 47.0 Å². The summed E-state index contributed by atoms with van der Waals surface area (Å²) in [5.41, 5.74) is 5.04. The fourth-order valence-electron chi connectivity index (χ4n) is 3.81. The van der Waals surface area contributed by atoms with E-state index in [0.717, 1.165) is 22.3 Å². The van der Waals surface area contributed by atoms with Crippen molar-refractivity contribution in [1.29, 1.82) is 0 Å². The third-order valence-electron chi connectivity index (χ3n) is 5.71. The van der Waals surface area contributed by atoms with E-state index in [0.29, 0.717) is 0 Å². The maximum Gasteiger partial charge on any atom is 0.178 e. The van der Waals surface area contributed by atoms with Crippen molar-refractivity contribution in [3.8, 4) is 0 Å². The third kappa shape index (κ3) is 0.808. The van der Waals surface area contributed by atoms with Crippen LogP contribution in [0.25, 0.3) is 0 Å². The molecule has 2 atom stereocenters. The second kappa shape index (κ2) is 2.76. The van der Waals surface area contributed by atoms with E-state index >= 15 is 0 Å². The summed E-state index contributed by atoms with van der Waals surface area (Å²) in [6.07, 6.45) is 0. The summed E-state index contributed by atoms with van der Waals surface area (Å²) < 4.78 is 0. The normalized spacial score (nSPS) is 32.6. The van der Waals surface area contributed by atoms with Gasteiger partial charge in [0, 0.05) is 5.56 Å². The number of carbonyl (C=O) groups is 2. The molecule has 1 aromatic rings. The molecular formula is C16H18O2. The smallest absolute Gasteiger partial charge is 0.178 e. The van der Waals surface area contributed by atoms with Crippen LogP contribution in [0.5, 0.6) is 0 Å². The summed E-state index contributed by atoms with van der Waals surface area (Å²) >= 11 is 0. The van der Waals surface area contributed by atoms with Gasteiger partial charge >= 0.3 is 0 Å². The van der Waals surface area contributed by atoms with Crippen LogP contribution in [0.15, 0.2) is 0 Å². The quantitative estimate of drug-likeness (QED) is 0.655. The lowest BCUT2D eigenvalue weighted by Crippen LogP contribution is -2.15. The standard InChI is InChI=1S/C16H18O2/c1-7-8(2)10(4)12-11(9(7)3)13(17)16(6)14(18)15(12,16)5/h1-6H3. The molecule has 0 aromatic heterocycles. The van der Waals surface area contributed by atoms with Gasteiger partial charge in [-0.15, -0.1) is 0 Å². The molecule has 18 heavy (non-hydrogen) atoms. The Morgan fingerprint density at radius 2 is 1.22 bits per heavy atom. The first kappa shape index (κ1) is 11.6. The predicted octanol–water partition coefficient (Wildman–Crippen LogP) is 2.96. The molecule has 2 nitrogen and oxygen atoms in total. The van der Waals surface area contributed by atoms with Gasteiger partial charge in [0.05, 0.1) is 5.41 Å². The van der Waals surface area contributed by atoms with E-state index < -0.39 is 10.8 Å². The molecule has 2 aliphatic carbocycles. The van der Waals surface area contributed by atoms with Crippen molar-refractivity contribution >= 4 is 11.6 Å². The van der Waals surface area contributed by atoms with Crippen LogP contribution >= 0.6 is 0 Å². The van der Waals surface area contributed by atoms with Crippen molar-refractivity contribution in [2.24, 2.45) is 5.41 Å². The molecule has 1 saturated carbocycles. The molecule has 0 amide bonds. The van der Waals surface area contributed by atoms with Crippen LogP contribution in [0.2, 0.25) is 0 Å². The highest BCUT2D eigenvalue weighted by Gasteiger charge is 2.81. The number of ketones is 2. The Kier molecular flexibility index (Phi) is 1.79. The minimum atomic E-state index is -0.787. The molecular weight excluding hydrogens is 224 g/mol. The van der Waals surface area contributed by atoms with Crippen molar-refractivity contribution < 1.29 is 9.59 Å². The van der Waals surface area contributed by atoms with E-state index in [9.17, 15) is 9.59 Å². The minimum Gasteiger partial charge on any atom is -0.297 e. The number of fused-ring (bicyclic) bond motifs is 3. The summed E-state index contributed by atoms with van der Waals surface area (Å²) in [5.74, 6) is 0.131. The summed E-state index contributed by atoms with van der Waals surface area (Å²) in [5, 5.41) is 0. The molecule has 2 heteroatoms. The van der Waals surface area contributed by atoms with Crippen molar-refractivity contribution in [3.05, 3.63) is 33.4 Å². The Morgan fingerprint density at radius 3 is 1.78 bits per heavy atom. The first-order valence-electron chi connectivity index (χ1n) is 6.41. The molecule has 2 aliphatic rings. The maximum absolute atomic E-state index is 12.6. The summed E-state index contributed by atoms with van der Waals surface area (Å²) in [7, 11) is 0. The zero-order chi connectivity index (χ0) is 13.6. The number of carbonyl (C=O) groups excluding carboxylic acids is 2. The van der Waals surface area contributed by atoms with Gasteiger partial charge in [-0.2, -0.15) is 0 Å². The highest BCUT2D eigenvalue weighted by molar-refractivity contribution is 6.36. The zero-order valence-corrected chi connectivity index (χ0v) is 11.8. The van der Waals surface area contributed by atoms with Crippen LogP contribution in [-0.4, -0.2) is 11.6 Å². The van der Waals surface area contributed by atoms with E-state index in [2.05, 4.69) is 13.8 Å². The molecule has 0 N–H and O–H groups in total. The van der Waals surface area contributed by atoms with Crippen LogP contribution in [0.4, 0.5) is 0 Å². The number of rotatable bonds is 0. The van der Waals surface area contributed by atoms with Crippen LogP contribution in [0, 0.1) is 33.1 Å². The molecule has 0 bridgehead atoms. The average Bonchev–Trinajstić information content (AvgIpc) is 2.68. The SMILES string of the molecule is Cc1c(C)c(C)c2c(c1C)C(=O)C1(C)C(=O)C21C. The lowest BCUT2D eigenvalue weighted by Gasteiger charge is -2.18. The fraction of sp³-hybridized carbons (Fsp3) is 0.500. The topological polar surface area (TPSA) is 34.1 Å². The van der Waals surface area contributed by atoms with Gasteiger partial charge in [0.15, 0.2) is 11.6 Å². The molecule has 0 spiro atoms. The summed E-state index contributed by atoms with van der Waals surface area (Å²) in [6, 6.07) is 0. The van der Waals surface area contributed by atoms with Gasteiger partial charge in [-0.1, -0.05) is 0 Å². The molecule has 1 fully saturated rings. The van der Waals surface area contributed by atoms with Gasteiger partial charge < -0.3 is 0 Å². The lowest BCUT2D eigenvalue weighted by molar-refractivity contribution is -0.113. The number of Topliss-reactive ketones (excluding diaryl/α,β-unsaturated/α-hetero) is 2. The maximum atomic E-state index is 12.6. The van der Waals surface area contributed by atoms with E-state index in [1.807, 2.05) is 20.8 Å². The van der Waals surface area contributed by atoms with Gasteiger partial charge in [-0.3, -0.25) is 9.59 Å². The minimum absolute atomic E-state index is 0.0358. The first-order chi connectivity index (χ1) is 8.20. The third-order valence-corrected chi connectivity index (χ3v) is 5.71. The predicted molar refractivity (Wildman–Crippen MR) is 70.2 cm³/mol. The zero-order valence-electron chi connectivity index (χ0n) is 11.8. The monoisotopic (exact) mass is 242 g/mol. The van der Waals surface area contributed by atoms with Gasteiger partial charge in [0.1, 0.15) is 5.41 Å². The largest absolute Gasteiger partial charge is 0.297 e. The summed E-state index contributed by atoms with van der Waals surface area (Å²) in [6.45, 7) is 11.9. The van der Waals surface area contributed by atoms with Crippen molar-refractivity contribution in [1.82, 2.24) is 0 Å². The second-order valence-electron chi connectivity index (χ2n) is 6.16. The molecule has 3 rings (SSSR count). The number of hydrogen-bond acceptors (Lipinski definition) is 2. The lowest BCUT2D eigenvalue weighted by atomic mass is 9.84. The highest BCUT2D eigenvalue weighted by atomic mass is 16.2. The highest BCUT2D eigenvalue weighted by Crippen LogP contribution is 2.68. The Labute approximate surface area is 107 Å². The molecule has 0 aliphatic heterocycles. The van der Waals surface area contributed by atoms with Gasteiger partial charge in [-0.05, 0) is 69.4 Å². The molecule has 94 valence electrons. The van der Waals surface area contributed by atoms with Gasteiger partial charge in [-0.25, -0.2) is 0 Å². The van der Waals surface area contributed by atoms with Crippen LogP contribution in [0.1, 0.15) is 52.0 Å². The molecule has 2 unspecified atom stereocenters. The second-order valence-corrected chi connectivity index (χ2v) is 6.16. The van der Waals surface area contributed by atoms with Crippen LogP contribution in [0.3, 0.4) is 0 Å². The fourth-order valence-corrected chi connectivity index (χ4v) is 3.81. The van der Waals surface area contributed by atoms with E-state index in [1.165, 1.54) is 11.1 Å². The number of hydrogen-bond donors (Lipinski definition) is 0. The van der Waals surface area contributed by atoms with Gasteiger partial charge in [0.2, 0.25) is 0 Å². The van der Waals surface area contributed by atoms with E-state index in [-0.39, 0.29) is 11.6 Å². The molecule has 0 heterocycles. The Hall–Kier alpha value is -1.44. The summed E-state index contributed by atoms with van der Waals surface area (Å²) in [4.78, 5) is 24.7. The molecule has 0 radical (unpaired) electrons. The van der Waals surface area contributed by atoms with Crippen molar-refractivity contribution in [2.75, 3.05) is 0 Å². The average molecular weight is 242 g/mol. The Morgan fingerprint density at radius 1 is 0.722 bits per heavy atom. The first-order valence-corrected chi connectivity index (χ1v) is 6.41. The van der Waals surface area contributed by atoms with Crippen molar-refractivity contribution in [3.63, 3.8) is 0 Å². The van der Waals surface area contributed by atoms with E-state index in [1.54, 1.807) is 6.92 Å². The Bertz CT molecular complexity index is 654. The molecule has 0 saturated heterocycles. The Balaban J connectivity index is 2.49. The van der Waals surface area contributed by atoms with Crippen LogP contribution < -0.4 is 0 Å². The molecule has 1 aromatic carbocycles.